The molecule has 0 spiro atoms. The molecule has 1 aromatic rings. The molecule has 1 saturated heterocycles. The van der Waals surface area contributed by atoms with Gasteiger partial charge in [-0.1, -0.05) is 0 Å². The van der Waals surface area contributed by atoms with E-state index in [1.165, 1.54) is 0 Å². The molecular weight excluding hydrogens is 332 g/mol. The molecule has 1 heterocycles. The van der Waals surface area contributed by atoms with Gasteiger partial charge < -0.3 is 15.4 Å². The van der Waals surface area contributed by atoms with Crippen molar-refractivity contribution in [3.05, 3.63) is 22.7 Å². The topological polar surface area (TPSA) is 50.4 Å². The van der Waals surface area contributed by atoms with Gasteiger partial charge in [0, 0.05) is 17.1 Å². The van der Waals surface area contributed by atoms with Crippen molar-refractivity contribution < 1.29 is 9.53 Å². The molecule has 1 unspecified atom stereocenters. The minimum atomic E-state index is 0. The van der Waals surface area contributed by atoms with E-state index in [4.69, 9.17) is 4.74 Å². The highest BCUT2D eigenvalue weighted by Gasteiger charge is 2.21. The number of amides is 1. The summed E-state index contributed by atoms with van der Waals surface area (Å²) in [4.78, 5) is 12.1. The van der Waals surface area contributed by atoms with Gasteiger partial charge in [0.2, 0.25) is 5.91 Å². The summed E-state index contributed by atoms with van der Waals surface area (Å²) in [6, 6.07) is 5.54. The number of carbonyl (C=O) groups excluding carboxylic acids is 1. The van der Waals surface area contributed by atoms with Gasteiger partial charge >= 0.3 is 0 Å². The second-order valence-electron chi connectivity index (χ2n) is 4.38. The van der Waals surface area contributed by atoms with Gasteiger partial charge in [0.25, 0.3) is 0 Å². The SMILES string of the molecule is COc1ccc(Br)c(NC(=O)C2CCCNC2)c1.Cl. The Bertz CT molecular complexity index is 437. The molecule has 2 N–H and O–H groups in total. The van der Waals surface area contributed by atoms with Crippen molar-refractivity contribution in [3.63, 3.8) is 0 Å². The van der Waals surface area contributed by atoms with E-state index in [1.54, 1.807) is 7.11 Å². The zero-order valence-electron chi connectivity index (χ0n) is 10.7. The Morgan fingerprint density at radius 3 is 2.95 bits per heavy atom. The molecule has 6 heteroatoms. The molecule has 1 amide bonds. The third kappa shape index (κ3) is 4.37. The minimum absolute atomic E-state index is 0. The van der Waals surface area contributed by atoms with Gasteiger partial charge in [0.15, 0.2) is 0 Å². The zero-order chi connectivity index (χ0) is 13.0. The third-order valence-electron chi connectivity index (χ3n) is 3.10. The molecule has 0 saturated carbocycles. The standard InChI is InChI=1S/C13H17BrN2O2.ClH/c1-18-10-4-5-11(14)12(7-10)16-13(17)9-3-2-6-15-8-9;/h4-5,7,9,15H,2-3,6,8H2,1H3,(H,16,17);1H. The van der Waals surface area contributed by atoms with Crippen molar-refractivity contribution in [2.45, 2.75) is 12.8 Å². The number of piperidine rings is 1. The first-order chi connectivity index (χ1) is 8.70. The van der Waals surface area contributed by atoms with Crippen LogP contribution in [0.5, 0.6) is 5.75 Å². The van der Waals surface area contributed by atoms with Crippen LogP contribution in [0.3, 0.4) is 0 Å². The van der Waals surface area contributed by atoms with E-state index in [-0.39, 0.29) is 24.2 Å². The van der Waals surface area contributed by atoms with Crippen LogP contribution in [0.4, 0.5) is 5.69 Å². The number of halogens is 2. The maximum absolute atomic E-state index is 12.1. The van der Waals surface area contributed by atoms with Crippen LogP contribution in [0.15, 0.2) is 22.7 Å². The van der Waals surface area contributed by atoms with Crippen molar-refractivity contribution in [3.8, 4) is 5.75 Å². The number of hydrogen-bond acceptors (Lipinski definition) is 3. The van der Waals surface area contributed by atoms with Gasteiger partial charge in [-0.15, -0.1) is 12.4 Å². The lowest BCUT2D eigenvalue weighted by molar-refractivity contribution is -0.120. The molecule has 2 rings (SSSR count). The molecule has 1 aliphatic heterocycles. The average Bonchev–Trinajstić information content (AvgIpc) is 2.42. The lowest BCUT2D eigenvalue weighted by Gasteiger charge is -2.22. The third-order valence-corrected chi connectivity index (χ3v) is 3.79. The van der Waals surface area contributed by atoms with E-state index >= 15 is 0 Å². The van der Waals surface area contributed by atoms with E-state index in [1.807, 2.05) is 18.2 Å². The van der Waals surface area contributed by atoms with E-state index in [9.17, 15) is 4.79 Å². The summed E-state index contributed by atoms with van der Waals surface area (Å²) >= 11 is 3.43. The van der Waals surface area contributed by atoms with Crippen molar-refractivity contribution in [2.75, 3.05) is 25.5 Å². The Hall–Kier alpha value is -0.780. The van der Waals surface area contributed by atoms with Crippen LogP contribution in [0, 0.1) is 5.92 Å². The number of carbonyl (C=O) groups is 1. The predicted molar refractivity (Wildman–Crippen MR) is 82.2 cm³/mol. The van der Waals surface area contributed by atoms with Crippen LogP contribution in [0.1, 0.15) is 12.8 Å². The zero-order valence-corrected chi connectivity index (χ0v) is 13.1. The van der Waals surface area contributed by atoms with Gasteiger partial charge in [-0.2, -0.15) is 0 Å². The fraction of sp³-hybridized carbons (Fsp3) is 0.462. The van der Waals surface area contributed by atoms with Crippen LogP contribution in [0.25, 0.3) is 0 Å². The maximum atomic E-state index is 12.1. The van der Waals surface area contributed by atoms with Gasteiger partial charge in [-0.05, 0) is 47.4 Å². The molecule has 1 atom stereocenters. The summed E-state index contributed by atoms with van der Waals surface area (Å²) in [5, 5.41) is 6.19. The molecule has 106 valence electrons. The molecule has 1 aromatic carbocycles. The number of benzene rings is 1. The lowest BCUT2D eigenvalue weighted by Crippen LogP contribution is -2.37. The summed E-state index contributed by atoms with van der Waals surface area (Å²) in [5.74, 6) is 0.850. The van der Waals surface area contributed by atoms with E-state index in [0.717, 1.165) is 41.8 Å². The predicted octanol–water partition coefficient (Wildman–Crippen LogP) is 2.82. The van der Waals surface area contributed by atoms with Crippen LogP contribution >= 0.6 is 28.3 Å². The quantitative estimate of drug-likeness (QED) is 0.882. The Balaban J connectivity index is 0.00000180. The molecule has 1 fully saturated rings. The van der Waals surface area contributed by atoms with Gasteiger partial charge in [-0.3, -0.25) is 4.79 Å². The number of methoxy groups -OCH3 is 1. The Kier molecular flexibility index (Phi) is 6.62. The number of anilines is 1. The molecule has 0 radical (unpaired) electrons. The van der Waals surface area contributed by atoms with Gasteiger partial charge in [0.05, 0.1) is 18.7 Å². The second kappa shape index (κ2) is 7.72. The van der Waals surface area contributed by atoms with Crippen molar-refractivity contribution in [2.24, 2.45) is 5.92 Å². The van der Waals surface area contributed by atoms with Gasteiger partial charge in [-0.25, -0.2) is 0 Å². The van der Waals surface area contributed by atoms with Crippen molar-refractivity contribution >= 4 is 39.9 Å². The average molecular weight is 350 g/mol. The molecule has 0 aliphatic carbocycles. The highest BCUT2D eigenvalue weighted by Crippen LogP contribution is 2.27. The highest BCUT2D eigenvalue weighted by molar-refractivity contribution is 9.10. The van der Waals surface area contributed by atoms with Crippen LogP contribution in [-0.4, -0.2) is 26.1 Å². The number of ether oxygens (including phenoxy) is 1. The Morgan fingerprint density at radius 1 is 1.53 bits per heavy atom. The highest BCUT2D eigenvalue weighted by atomic mass is 79.9. The van der Waals surface area contributed by atoms with E-state index in [0.29, 0.717) is 0 Å². The van der Waals surface area contributed by atoms with Gasteiger partial charge in [0.1, 0.15) is 5.75 Å². The number of rotatable bonds is 3. The lowest BCUT2D eigenvalue weighted by atomic mass is 9.99. The fourth-order valence-electron chi connectivity index (χ4n) is 2.04. The van der Waals surface area contributed by atoms with Crippen molar-refractivity contribution in [1.82, 2.24) is 5.32 Å². The molecule has 0 aromatic heterocycles. The normalized spacial score (nSPS) is 18.3. The van der Waals surface area contributed by atoms with Crippen LogP contribution < -0.4 is 15.4 Å². The molecule has 4 nitrogen and oxygen atoms in total. The van der Waals surface area contributed by atoms with E-state index in [2.05, 4.69) is 26.6 Å². The number of hydrogen-bond donors (Lipinski definition) is 2. The summed E-state index contributed by atoms with van der Waals surface area (Å²) in [7, 11) is 1.61. The van der Waals surface area contributed by atoms with E-state index < -0.39 is 0 Å². The molecule has 19 heavy (non-hydrogen) atoms. The summed E-state index contributed by atoms with van der Waals surface area (Å²) < 4.78 is 6.01. The monoisotopic (exact) mass is 348 g/mol. The van der Waals surface area contributed by atoms with Crippen LogP contribution in [0.2, 0.25) is 0 Å². The molecule has 1 aliphatic rings. The first-order valence-corrected chi connectivity index (χ1v) is 6.85. The molecule has 0 bridgehead atoms. The fourth-order valence-corrected chi connectivity index (χ4v) is 2.38. The Labute approximate surface area is 127 Å². The Morgan fingerprint density at radius 2 is 2.32 bits per heavy atom. The smallest absolute Gasteiger partial charge is 0.228 e. The largest absolute Gasteiger partial charge is 0.497 e. The van der Waals surface area contributed by atoms with Crippen LogP contribution in [-0.2, 0) is 4.79 Å². The molecular formula is C13H18BrClN2O2. The first kappa shape index (κ1) is 16.3. The summed E-state index contributed by atoms with van der Waals surface area (Å²) in [5.41, 5.74) is 0.755. The number of nitrogens with one attached hydrogen (secondary N) is 2. The first-order valence-electron chi connectivity index (χ1n) is 6.06. The summed E-state index contributed by atoms with van der Waals surface area (Å²) in [6.07, 6.45) is 2.00. The van der Waals surface area contributed by atoms with Crippen molar-refractivity contribution in [1.29, 1.82) is 0 Å². The minimum Gasteiger partial charge on any atom is -0.497 e. The second-order valence-corrected chi connectivity index (χ2v) is 5.23. The maximum Gasteiger partial charge on any atom is 0.228 e. The summed E-state index contributed by atoms with van der Waals surface area (Å²) in [6.45, 7) is 1.76.